The van der Waals surface area contributed by atoms with Gasteiger partial charge in [-0.1, -0.05) is 29.6 Å². The number of unbranched alkanes of at least 4 members (excludes halogenated alkanes) is 1. The zero-order valence-electron chi connectivity index (χ0n) is 9.33. The van der Waals surface area contributed by atoms with E-state index in [0.717, 1.165) is 19.3 Å². The summed E-state index contributed by atoms with van der Waals surface area (Å²) in [6, 6.07) is 2.75. The zero-order valence-corrected chi connectivity index (χ0v) is 11.7. The molecule has 0 aliphatic rings. The number of rotatable bonds is 5. The molecule has 0 unspecified atom stereocenters. The largest absolute Gasteiger partial charge is 0.508 e. The zero-order chi connectivity index (χ0) is 12.1. The first-order chi connectivity index (χ1) is 7.56. The van der Waals surface area contributed by atoms with Gasteiger partial charge in [0.15, 0.2) is 0 Å². The lowest BCUT2D eigenvalue weighted by Gasteiger charge is -2.15. The fraction of sp³-hybridized carbons (Fsp3) is 0.455. The van der Waals surface area contributed by atoms with Crippen molar-refractivity contribution in [2.75, 3.05) is 6.54 Å². The van der Waals surface area contributed by atoms with Crippen molar-refractivity contribution >= 4 is 35.6 Å². The molecule has 5 N–H and O–H groups in total. The van der Waals surface area contributed by atoms with Crippen LogP contribution >= 0.6 is 35.6 Å². The van der Waals surface area contributed by atoms with Crippen LogP contribution in [0.3, 0.4) is 0 Å². The summed E-state index contributed by atoms with van der Waals surface area (Å²) in [7, 11) is 0. The number of benzene rings is 1. The lowest BCUT2D eigenvalue weighted by Crippen LogP contribution is -2.12. The molecule has 1 rings (SSSR count). The van der Waals surface area contributed by atoms with Gasteiger partial charge in [0.1, 0.15) is 5.75 Å². The highest BCUT2D eigenvalue weighted by atomic mass is 35.5. The van der Waals surface area contributed by atoms with Crippen molar-refractivity contribution in [2.24, 2.45) is 11.5 Å². The van der Waals surface area contributed by atoms with Gasteiger partial charge in [0, 0.05) is 16.6 Å². The van der Waals surface area contributed by atoms with E-state index in [1.165, 1.54) is 6.07 Å². The summed E-state index contributed by atoms with van der Waals surface area (Å²) in [6.07, 6.45) is 2.57. The fourth-order valence-corrected chi connectivity index (χ4v) is 2.21. The first-order valence-electron chi connectivity index (χ1n) is 5.19. The van der Waals surface area contributed by atoms with Gasteiger partial charge < -0.3 is 16.6 Å². The van der Waals surface area contributed by atoms with Crippen LogP contribution in [0, 0.1) is 0 Å². The van der Waals surface area contributed by atoms with Gasteiger partial charge in [-0.3, -0.25) is 0 Å². The van der Waals surface area contributed by atoms with Crippen LogP contribution in [0.5, 0.6) is 5.75 Å². The highest BCUT2D eigenvalue weighted by Crippen LogP contribution is 2.35. The molecule has 6 heteroatoms. The Bertz CT molecular complexity index is 338. The minimum absolute atomic E-state index is 0. The third kappa shape index (κ3) is 4.90. The summed E-state index contributed by atoms with van der Waals surface area (Å²) in [6.45, 7) is 0.646. The van der Waals surface area contributed by atoms with Crippen molar-refractivity contribution in [2.45, 2.75) is 25.3 Å². The standard InChI is InChI=1S/C11H16Cl2N2O.ClH/c12-7-5-8(13)11(10(16)6-7)9(15)3-1-2-4-14;/h5-6,9,16H,1-4,14-15H2;1H/t9-;/m0./s1. The average molecular weight is 300 g/mol. The summed E-state index contributed by atoms with van der Waals surface area (Å²) in [5.41, 5.74) is 11.9. The Morgan fingerprint density at radius 2 is 1.88 bits per heavy atom. The van der Waals surface area contributed by atoms with E-state index < -0.39 is 0 Å². The number of nitrogens with two attached hydrogens (primary N) is 2. The molecule has 0 heterocycles. The van der Waals surface area contributed by atoms with E-state index in [-0.39, 0.29) is 24.2 Å². The minimum Gasteiger partial charge on any atom is -0.508 e. The van der Waals surface area contributed by atoms with Crippen molar-refractivity contribution < 1.29 is 5.11 Å². The highest BCUT2D eigenvalue weighted by molar-refractivity contribution is 6.35. The van der Waals surface area contributed by atoms with Crippen LogP contribution in [-0.2, 0) is 0 Å². The van der Waals surface area contributed by atoms with E-state index in [4.69, 9.17) is 34.7 Å². The molecule has 0 aliphatic carbocycles. The number of hydrogen-bond donors (Lipinski definition) is 3. The molecule has 0 fully saturated rings. The quantitative estimate of drug-likeness (QED) is 0.731. The molecule has 98 valence electrons. The molecule has 3 nitrogen and oxygen atoms in total. The average Bonchev–Trinajstić information content (AvgIpc) is 2.16. The molecule has 0 amide bonds. The molecule has 0 saturated heterocycles. The number of halogens is 3. The van der Waals surface area contributed by atoms with Gasteiger partial charge in [-0.2, -0.15) is 0 Å². The highest BCUT2D eigenvalue weighted by Gasteiger charge is 2.15. The van der Waals surface area contributed by atoms with Crippen molar-refractivity contribution in [3.63, 3.8) is 0 Å². The van der Waals surface area contributed by atoms with Crippen LogP contribution in [0.1, 0.15) is 30.9 Å². The van der Waals surface area contributed by atoms with Gasteiger partial charge in [0.25, 0.3) is 0 Å². The first-order valence-corrected chi connectivity index (χ1v) is 5.95. The van der Waals surface area contributed by atoms with Crippen molar-refractivity contribution in [1.29, 1.82) is 0 Å². The SMILES string of the molecule is Cl.NCCCC[C@H](N)c1c(O)cc(Cl)cc1Cl. The van der Waals surface area contributed by atoms with E-state index in [2.05, 4.69) is 0 Å². The topological polar surface area (TPSA) is 72.3 Å². The number of hydrogen-bond acceptors (Lipinski definition) is 3. The summed E-state index contributed by atoms with van der Waals surface area (Å²) in [5.74, 6) is 0.0535. The summed E-state index contributed by atoms with van der Waals surface area (Å²) >= 11 is 11.7. The summed E-state index contributed by atoms with van der Waals surface area (Å²) in [4.78, 5) is 0. The molecule has 1 aromatic rings. The van der Waals surface area contributed by atoms with Gasteiger partial charge in [-0.05, 0) is 31.5 Å². The molecule has 0 spiro atoms. The molecule has 1 aromatic carbocycles. The maximum atomic E-state index is 9.73. The van der Waals surface area contributed by atoms with Gasteiger partial charge in [0.05, 0.1) is 5.02 Å². The first kappa shape index (κ1) is 16.8. The third-order valence-electron chi connectivity index (χ3n) is 2.41. The van der Waals surface area contributed by atoms with Crippen molar-refractivity contribution in [1.82, 2.24) is 0 Å². The molecule has 1 atom stereocenters. The van der Waals surface area contributed by atoms with Gasteiger partial charge in [-0.15, -0.1) is 12.4 Å². The summed E-state index contributed by atoms with van der Waals surface area (Å²) < 4.78 is 0. The molecule has 0 radical (unpaired) electrons. The van der Waals surface area contributed by atoms with E-state index in [0.29, 0.717) is 22.2 Å². The number of aromatic hydroxyl groups is 1. The van der Waals surface area contributed by atoms with Crippen LogP contribution in [0.25, 0.3) is 0 Å². The van der Waals surface area contributed by atoms with Gasteiger partial charge >= 0.3 is 0 Å². The minimum atomic E-state index is -0.281. The Morgan fingerprint density at radius 1 is 1.24 bits per heavy atom. The van der Waals surface area contributed by atoms with Crippen molar-refractivity contribution in [3.05, 3.63) is 27.7 Å². The molecular formula is C11H17Cl3N2O. The van der Waals surface area contributed by atoms with Gasteiger partial charge in [-0.25, -0.2) is 0 Å². The maximum Gasteiger partial charge on any atom is 0.123 e. The van der Waals surface area contributed by atoms with Crippen LogP contribution in [0.2, 0.25) is 10.0 Å². The van der Waals surface area contributed by atoms with E-state index in [1.54, 1.807) is 6.07 Å². The Morgan fingerprint density at radius 3 is 2.41 bits per heavy atom. The Labute approximate surface area is 117 Å². The summed E-state index contributed by atoms with van der Waals surface area (Å²) in [5, 5.41) is 10.5. The Hall–Kier alpha value is -0.190. The molecule has 0 aromatic heterocycles. The van der Waals surface area contributed by atoms with Crippen LogP contribution < -0.4 is 11.5 Å². The molecule has 17 heavy (non-hydrogen) atoms. The third-order valence-corrected chi connectivity index (χ3v) is 2.94. The van der Waals surface area contributed by atoms with Crippen LogP contribution in [-0.4, -0.2) is 11.7 Å². The lowest BCUT2D eigenvalue weighted by atomic mass is 10.0. The van der Waals surface area contributed by atoms with Crippen LogP contribution in [0.4, 0.5) is 0 Å². The predicted octanol–water partition coefficient (Wildman–Crippen LogP) is 3.25. The molecular weight excluding hydrogens is 282 g/mol. The predicted molar refractivity (Wildman–Crippen MR) is 75.2 cm³/mol. The second kappa shape index (κ2) is 8.01. The lowest BCUT2D eigenvalue weighted by molar-refractivity contribution is 0.456. The number of phenolic OH excluding ortho intramolecular Hbond substituents is 1. The van der Waals surface area contributed by atoms with Crippen molar-refractivity contribution in [3.8, 4) is 5.75 Å². The van der Waals surface area contributed by atoms with Gasteiger partial charge in [0.2, 0.25) is 0 Å². The molecule has 0 aliphatic heterocycles. The van der Waals surface area contributed by atoms with Crippen LogP contribution in [0.15, 0.2) is 12.1 Å². The smallest absolute Gasteiger partial charge is 0.123 e. The van der Waals surface area contributed by atoms with E-state index in [9.17, 15) is 5.11 Å². The Kier molecular flexibility index (Phi) is 7.92. The monoisotopic (exact) mass is 298 g/mol. The fourth-order valence-electron chi connectivity index (χ4n) is 1.59. The van der Waals surface area contributed by atoms with E-state index >= 15 is 0 Å². The second-order valence-electron chi connectivity index (χ2n) is 3.71. The second-order valence-corrected chi connectivity index (χ2v) is 4.55. The normalized spacial score (nSPS) is 12.0. The molecule has 0 bridgehead atoms. The maximum absolute atomic E-state index is 9.73. The number of phenols is 1. The van der Waals surface area contributed by atoms with E-state index in [1.807, 2.05) is 0 Å². The molecule has 0 saturated carbocycles. The Balaban J connectivity index is 0.00000256.